The first-order valence-electron chi connectivity index (χ1n) is 9.86. The van der Waals surface area contributed by atoms with E-state index in [9.17, 15) is 0 Å². The van der Waals surface area contributed by atoms with E-state index >= 15 is 0 Å². The Labute approximate surface area is 214 Å². The molecule has 170 valence electrons. The Hall–Kier alpha value is -2.52. The highest BCUT2D eigenvalue weighted by Gasteiger charge is 2.15. The summed E-state index contributed by atoms with van der Waals surface area (Å²) >= 11 is 21.5. The molecule has 3 aromatic carbocycles. The topological polar surface area (TPSA) is 64.1 Å². The van der Waals surface area contributed by atoms with Crippen LogP contribution in [0.4, 0.5) is 0 Å². The summed E-state index contributed by atoms with van der Waals surface area (Å²) in [4.78, 5) is 0. The maximum atomic E-state index is 6.29. The molecule has 0 unspecified atom stereocenters. The molecule has 0 saturated heterocycles. The summed E-state index contributed by atoms with van der Waals surface area (Å²) in [6.07, 6.45) is 0. The van der Waals surface area contributed by atoms with E-state index in [1.54, 1.807) is 30.0 Å². The van der Waals surface area contributed by atoms with Gasteiger partial charge in [-0.2, -0.15) is 5.10 Å². The monoisotopic (exact) mass is 564 g/mol. The summed E-state index contributed by atoms with van der Waals surface area (Å²) in [7, 11) is 1.62. The molecule has 0 aliphatic rings. The number of para-hydroxylation sites is 1. The highest BCUT2D eigenvalue weighted by Crippen LogP contribution is 2.30. The van der Waals surface area contributed by atoms with E-state index in [1.165, 1.54) is 0 Å². The number of nitrogens with zero attached hydrogens (tertiary/aromatic N) is 2. The zero-order valence-corrected chi connectivity index (χ0v) is 21.4. The molecule has 0 aliphatic carbocycles. The maximum Gasteiger partial charge on any atom is 0.214 e. The van der Waals surface area contributed by atoms with Crippen LogP contribution >= 0.6 is 51.3 Å². The Kier molecular flexibility index (Phi) is 7.60. The Morgan fingerprint density at radius 3 is 2.58 bits per heavy atom. The van der Waals surface area contributed by atoms with Crippen LogP contribution in [0.15, 0.2) is 65.1 Å². The van der Waals surface area contributed by atoms with Gasteiger partial charge in [0.1, 0.15) is 18.1 Å². The molecule has 0 bridgehead atoms. The third kappa shape index (κ3) is 5.35. The lowest BCUT2D eigenvalue weighted by atomic mass is 10.2. The second kappa shape index (κ2) is 10.6. The summed E-state index contributed by atoms with van der Waals surface area (Å²) < 4.78 is 14.6. The number of hydrogen-bond donors (Lipinski definition) is 2. The molecule has 0 spiro atoms. The fraction of sp³-hybridized carbons (Fsp3) is 0.130. The van der Waals surface area contributed by atoms with Gasteiger partial charge in [-0.25, -0.2) is 9.77 Å². The van der Waals surface area contributed by atoms with Gasteiger partial charge in [0.25, 0.3) is 0 Å². The summed E-state index contributed by atoms with van der Waals surface area (Å²) in [5.41, 5.74) is 5.77. The second-order valence-corrected chi connectivity index (χ2v) is 9.08. The molecule has 0 atom stereocenters. The van der Waals surface area contributed by atoms with Gasteiger partial charge < -0.3 is 14.9 Å². The van der Waals surface area contributed by atoms with Crippen LogP contribution in [0.25, 0.3) is 11.4 Å². The van der Waals surface area contributed by atoms with Crippen molar-refractivity contribution in [3.63, 3.8) is 0 Å². The molecule has 1 heterocycles. The van der Waals surface area contributed by atoms with Crippen molar-refractivity contribution in [2.75, 3.05) is 12.5 Å². The number of benzene rings is 3. The van der Waals surface area contributed by atoms with Crippen molar-refractivity contribution in [1.82, 2.24) is 14.9 Å². The zero-order valence-electron chi connectivity index (χ0n) is 17.4. The van der Waals surface area contributed by atoms with Crippen LogP contribution < -0.4 is 14.9 Å². The lowest BCUT2D eigenvalue weighted by Gasteiger charge is -2.16. The van der Waals surface area contributed by atoms with Crippen LogP contribution in [-0.4, -0.2) is 22.0 Å². The third-order valence-corrected chi connectivity index (χ3v) is 6.38. The molecule has 4 rings (SSSR count). The molecule has 0 amide bonds. The standard InChI is InChI=1S/C23H19BrCl2N4O2S/c1-31-21-8-3-2-5-16(21)22-28-29-23(33)30(22)27-12-14-11-15(24)9-10-20(14)32-13-17-18(25)6-4-7-19(17)26/h2-11,27H,12-13H2,1H3,(H,29,33). The largest absolute Gasteiger partial charge is 0.496 e. The average molecular weight is 566 g/mol. The van der Waals surface area contributed by atoms with Gasteiger partial charge in [0.15, 0.2) is 5.82 Å². The van der Waals surface area contributed by atoms with Crippen molar-refractivity contribution in [2.24, 2.45) is 0 Å². The van der Waals surface area contributed by atoms with E-state index in [0.717, 1.165) is 21.2 Å². The molecule has 2 N–H and O–H groups in total. The summed E-state index contributed by atoms with van der Waals surface area (Å²) in [6.45, 7) is 0.658. The molecule has 4 aromatic rings. The lowest BCUT2D eigenvalue weighted by molar-refractivity contribution is 0.303. The number of nitrogens with one attached hydrogen (secondary N) is 2. The summed E-state index contributed by atoms with van der Waals surface area (Å²) in [6, 6.07) is 18.8. The van der Waals surface area contributed by atoms with Gasteiger partial charge in [0.2, 0.25) is 4.77 Å². The molecule has 6 nitrogen and oxygen atoms in total. The molecule has 0 saturated carbocycles. The number of rotatable bonds is 8. The molecule has 33 heavy (non-hydrogen) atoms. The predicted molar refractivity (Wildman–Crippen MR) is 137 cm³/mol. The Balaban J connectivity index is 1.58. The minimum atomic E-state index is 0.241. The van der Waals surface area contributed by atoms with Crippen molar-refractivity contribution in [1.29, 1.82) is 0 Å². The SMILES string of the molecule is COc1ccccc1-c1n[nH]c(=S)n1NCc1cc(Br)ccc1OCc1c(Cl)cccc1Cl. The van der Waals surface area contributed by atoms with E-state index in [4.69, 9.17) is 44.9 Å². The first kappa shape index (κ1) is 23.6. The van der Waals surface area contributed by atoms with Crippen LogP contribution in [0, 0.1) is 4.77 Å². The van der Waals surface area contributed by atoms with Crippen LogP contribution in [0.1, 0.15) is 11.1 Å². The molecule has 10 heteroatoms. The van der Waals surface area contributed by atoms with Gasteiger partial charge >= 0.3 is 0 Å². The number of aromatic nitrogens is 3. The Morgan fingerprint density at radius 1 is 1.06 bits per heavy atom. The van der Waals surface area contributed by atoms with Gasteiger partial charge in [-0.1, -0.05) is 57.3 Å². The van der Waals surface area contributed by atoms with E-state index in [-0.39, 0.29) is 6.61 Å². The quantitative estimate of drug-likeness (QED) is 0.225. The van der Waals surface area contributed by atoms with Crippen molar-refractivity contribution in [3.05, 3.63) is 91.1 Å². The summed E-state index contributed by atoms with van der Waals surface area (Å²) in [5.74, 6) is 1.99. The number of halogens is 3. The lowest BCUT2D eigenvalue weighted by Crippen LogP contribution is -2.17. The third-order valence-electron chi connectivity index (χ3n) is 4.90. The molecular weight excluding hydrogens is 547 g/mol. The van der Waals surface area contributed by atoms with Gasteiger partial charge in [0.05, 0.1) is 19.2 Å². The van der Waals surface area contributed by atoms with Gasteiger partial charge in [-0.3, -0.25) is 0 Å². The number of aromatic amines is 1. The summed E-state index contributed by atoms with van der Waals surface area (Å²) in [5, 5.41) is 8.33. The van der Waals surface area contributed by atoms with Crippen LogP contribution in [0.3, 0.4) is 0 Å². The number of H-pyrrole nitrogens is 1. The predicted octanol–water partition coefficient (Wildman–Crippen LogP) is 7.01. The van der Waals surface area contributed by atoms with Crippen molar-refractivity contribution in [3.8, 4) is 22.9 Å². The van der Waals surface area contributed by atoms with E-state index in [1.807, 2.05) is 42.5 Å². The van der Waals surface area contributed by atoms with E-state index in [0.29, 0.717) is 38.7 Å². The fourth-order valence-corrected chi connectivity index (χ4v) is 4.38. The van der Waals surface area contributed by atoms with Gasteiger partial charge in [0, 0.05) is 25.6 Å². The van der Waals surface area contributed by atoms with E-state index in [2.05, 4.69) is 31.6 Å². The Bertz CT molecular complexity index is 1320. The minimum Gasteiger partial charge on any atom is -0.496 e. The molecule has 0 radical (unpaired) electrons. The second-order valence-electron chi connectivity index (χ2n) is 6.96. The first-order valence-corrected chi connectivity index (χ1v) is 11.8. The average Bonchev–Trinajstić information content (AvgIpc) is 3.18. The highest BCUT2D eigenvalue weighted by molar-refractivity contribution is 9.10. The smallest absolute Gasteiger partial charge is 0.214 e. The fourth-order valence-electron chi connectivity index (χ4n) is 3.27. The normalized spacial score (nSPS) is 10.8. The van der Waals surface area contributed by atoms with Crippen LogP contribution in [0.5, 0.6) is 11.5 Å². The Morgan fingerprint density at radius 2 is 1.82 bits per heavy atom. The first-order chi connectivity index (χ1) is 16.0. The molecule has 0 aliphatic heterocycles. The number of ether oxygens (including phenoxy) is 2. The minimum absolute atomic E-state index is 0.241. The molecular formula is C23H19BrCl2N4O2S. The molecule has 0 fully saturated rings. The van der Waals surface area contributed by atoms with Crippen LogP contribution in [-0.2, 0) is 13.2 Å². The van der Waals surface area contributed by atoms with Crippen molar-refractivity contribution < 1.29 is 9.47 Å². The molecule has 1 aromatic heterocycles. The van der Waals surface area contributed by atoms with Crippen LogP contribution in [0.2, 0.25) is 10.0 Å². The van der Waals surface area contributed by atoms with Gasteiger partial charge in [-0.15, -0.1) is 0 Å². The zero-order chi connectivity index (χ0) is 23.4. The van der Waals surface area contributed by atoms with Gasteiger partial charge in [-0.05, 0) is 54.7 Å². The number of methoxy groups -OCH3 is 1. The number of hydrogen-bond acceptors (Lipinski definition) is 5. The highest BCUT2D eigenvalue weighted by atomic mass is 79.9. The van der Waals surface area contributed by atoms with Crippen molar-refractivity contribution in [2.45, 2.75) is 13.2 Å². The van der Waals surface area contributed by atoms with E-state index < -0.39 is 0 Å². The maximum absolute atomic E-state index is 6.29. The van der Waals surface area contributed by atoms with Crippen molar-refractivity contribution >= 4 is 51.3 Å².